The number of hydrogen-bond acceptors (Lipinski definition) is 6. The van der Waals surface area contributed by atoms with Crippen LogP contribution in [0.5, 0.6) is 0 Å². The van der Waals surface area contributed by atoms with Crippen molar-refractivity contribution in [3.8, 4) is 21.3 Å². The van der Waals surface area contributed by atoms with Crippen LogP contribution in [0.3, 0.4) is 0 Å². The monoisotopic (exact) mass is 359 g/mol. The number of thiazole rings is 1. The number of rotatable bonds is 4. The lowest BCUT2D eigenvalue weighted by Gasteiger charge is -1.94. The van der Waals surface area contributed by atoms with E-state index in [0.29, 0.717) is 23.2 Å². The fraction of sp³-hybridized carbons (Fsp3) is 0.0625. The summed E-state index contributed by atoms with van der Waals surface area (Å²) in [5.74, 6) is 1.04. The van der Waals surface area contributed by atoms with Gasteiger partial charge in [0.15, 0.2) is 0 Å². The molecule has 1 aromatic carbocycles. The van der Waals surface area contributed by atoms with Crippen molar-refractivity contribution in [2.45, 2.75) is 6.42 Å². The van der Waals surface area contributed by atoms with Gasteiger partial charge in [0.25, 0.3) is 0 Å². The highest BCUT2D eigenvalue weighted by Gasteiger charge is 2.12. The molecule has 23 heavy (non-hydrogen) atoms. The molecule has 0 aliphatic heterocycles. The van der Waals surface area contributed by atoms with E-state index in [9.17, 15) is 0 Å². The maximum atomic E-state index is 5.88. The van der Waals surface area contributed by atoms with Gasteiger partial charge in [0.2, 0.25) is 11.8 Å². The van der Waals surface area contributed by atoms with E-state index >= 15 is 0 Å². The topological polar surface area (TPSA) is 51.8 Å². The van der Waals surface area contributed by atoms with Crippen molar-refractivity contribution in [3.63, 3.8) is 0 Å². The zero-order valence-corrected chi connectivity index (χ0v) is 14.2. The van der Waals surface area contributed by atoms with Gasteiger partial charge in [0, 0.05) is 16.0 Å². The van der Waals surface area contributed by atoms with Gasteiger partial charge >= 0.3 is 0 Å². The summed E-state index contributed by atoms with van der Waals surface area (Å²) < 4.78 is 5.72. The lowest BCUT2D eigenvalue weighted by atomic mass is 10.2. The molecular weight excluding hydrogens is 350 g/mol. The standard InChI is InChI=1S/C16H10ClN3OS2/c17-11-5-3-10(4-6-11)15-20-19-14(21-15)8-12-9-23-16(18-12)13-2-1-7-22-13/h1-7,9H,8H2. The second-order valence-corrected chi connectivity index (χ2v) is 7.05. The minimum absolute atomic E-state index is 0.491. The van der Waals surface area contributed by atoms with E-state index < -0.39 is 0 Å². The van der Waals surface area contributed by atoms with Gasteiger partial charge in [-0.1, -0.05) is 17.7 Å². The fourth-order valence-electron chi connectivity index (χ4n) is 2.09. The Labute approximate surface area is 145 Å². The third kappa shape index (κ3) is 3.19. The van der Waals surface area contributed by atoms with Crippen molar-refractivity contribution in [2.24, 2.45) is 0 Å². The Morgan fingerprint density at radius 2 is 1.91 bits per heavy atom. The highest BCUT2D eigenvalue weighted by atomic mass is 35.5. The van der Waals surface area contributed by atoms with Gasteiger partial charge in [-0.15, -0.1) is 32.9 Å². The molecule has 0 spiro atoms. The predicted molar refractivity (Wildman–Crippen MR) is 93.0 cm³/mol. The molecule has 0 aliphatic rings. The third-order valence-electron chi connectivity index (χ3n) is 3.17. The highest BCUT2D eigenvalue weighted by Crippen LogP contribution is 2.28. The average molecular weight is 360 g/mol. The molecule has 4 nitrogen and oxygen atoms in total. The number of nitrogens with zero attached hydrogens (tertiary/aromatic N) is 3. The van der Waals surface area contributed by atoms with Gasteiger partial charge in [-0.25, -0.2) is 4.98 Å². The van der Waals surface area contributed by atoms with Crippen molar-refractivity contribution < 1.29 is 4.42 Å². The average Bonchev–Trinajstić information content (AvgIpc) is 3.29. The summed E-state index contributed by atoms with van der Waals surface area (Å²) in [5.41, 5.74) is 1.79. The minimum atomic E-state index is 0.491. The van der Waals surface area contributed by atoms with Crippen LogP contribution in [0.25, 0.3) is 21.3 Å². The van der Waals surface area contributed by atoms with Gasteiger partial charge < -0.3 is 4.42 Å². The molecule has 3 heterocycles. The van der Waals surface area contributed by atoms with E-state index in [0.717, 1.165) is 16.3 Å². The Bertz CT molecular complexity index is 913. The second kappa shape index (κ2) is 6.23. The molecule has 0 saturated carbocycles. The lowest BCUT2D eigenvalue weighted by Crippen LogP contribution is -1.88. The molecule has 0 N–H and O–H groups in total. The summed E-state index contributed by atoms with van der Waals surface area (Å²) in [5, 5.41) is 14.0. The fourth-order valence-corrected chi connectivity index (χ4v) is 3.85. The first-order chi connectivity index (χ1) is 11.3. The number of thiophene rings is 1. The molecule has 4 aromatic rings. The van der Waals surface area contributed by atoms with E-state index in [-0.39, 0.29) is 0 Å². The molecule has 0 fully saturated rings. The van der Waals surface area contributed by atoms with Crippen molar-refractivity contribution in [1.29, 1.82) is 0 Å². The largest absolute Gasteiger partial charge is 0.420 e. The first-order valence-electron chi connectivity index (χ1n) is 6.84. The third-order valence-corrected chi connectivity index (χ3v) is 5.36. The van der Waals surface area contributed by atoms with E-state index in [1.165, 1.54) is 4.88 Å². The number of hydrogen-bond donors (Lipinski definition) is 0. The minimum Gasteiger partial charge on any atom is -0.420 e. The molecule has 0 atom stereocenters. The smallest absolute Gasteiger partial charge is 0.247 e. The van der Waals surface area contributed by atoms with Crippen LogP contribution in [0.1, 0.15) is 11.6 Å². The highest BCUT2D eigenvalue weighted by molar-refractivity contribution is 7.20. The quantitative estimate of drug-likeness (QED) is 0.504. The Morgan fingerprint density at radius 3 is 2.70 bits per heavy atom. The van der Waals surface area contributed by atoms with Crippen molar-refractivity contribution in [1.82, 2.24) is 15.2 Å². The molecule has 114 valence electrons. The molecule has 3 aromatic heterocycles. The second-order valence-electron chi connectivity index (χ2n) is 4.81. The van der Waals surface area contributed by atoms with E-state index in [1.54, 1.807) is 34.8 Å². The first-order valence-corrected chi connectivity index (χ1v) is 8.98. The molecule has 0 unspecified atom stereocenters. The van der Waals surface area contributed by atoms with Crippen molar-refractivity contribution in [2.75, 3.05) is 0 Å². The van der Waals surface area contributed by atoms with Crippen LogP contribution >= 0.6 is 34.3 Å². The maximum Gasteiger partial charge on any atom is 0.247 e. The lowest BCUT2D eigenvalue weighted by molar-refractivity contribution is 0.516. The van der Waals surface area contributed by atoms with Crippen molar-refractivity contribution in [3.05, 3.63) is 63.8 Å². The van der Waals surface area contributed by atoms with Gasteiger partial charge in [0.1, 0.15) is 5.01 Å². The van der Waals surface area contributed by atoms with Gasteiger partial charge in [0.05, 0.1) is 17.0 Å². The molecule has 7 heteroatoms. The summed E-state index contributed by atoms with van der Waals surface area (Å²) >= 11 is 9.19. The zero-order valence-electron chi connectivity index (χ0n) is 11.8. The number of benzene rings is 1. The Kier molecular flexibility index (Phi) is 3.95. The first kappa shape index (κ1) is 14.6. The molecule has 0 amide bonds. The summed E-state index contributed by atoms with van der Waals surface area (Å²) in [6.45, 7) is 0. The molecule has 4 rings (SSSR count). The predicted octanol–water partition coefficient (Wildman–Crippen LogP) is 5.17. The number of halogens is 1. The van der Waals surface area contributed by atoms with Crippen LogP contribution < -0.4 is 0 Å². The van der Waals surface area contributed by atoms with Crippen LogP contribution in [0.4, 0.5) is 0 Å². The van der Waals surface area contributed by atoms with Gasteiger partial charge in [-0.05, 0) is 35.7 Å². The SMILES string of the molecule is Clc1ccc(-c2nnc(Cc3csc(-c4cccs4)n3)o2)cc1. The van der Waals surface area contributed by atoms with Gasteiger partial charge in [-0.2, -0.15) is 0 Å². The van der Waals surface area contributed by atoms with Crippen LogP contribution in [-0.4, -0.2) is 15.2 Å². The number of aromatic nitrogens is 3. The van der Waals surface area contributed by atoms with Crippen LogP contribution in [0, 0.1) is 0 Å². The summed E-state index contributed by atoms with van der Waals surface area (Å²) in [4.78, 5) is 5.80. The van der Waals surface area contributed by atoms with Crippen LogP contribution in [0.15, 0.2) is 51.6 Å². The zero-order chi connectivity index (χ0) is 15.6. The summed E-state index contributed by atoms with van der Waals surface area (Å²) in [6, 6.07) is 11.4. The molecule has 0 radical (unpaired) electrons. The van der Waals surface area contributed by atoms with E-state index in [1.807, 2.05) is 29.0 Å². The van der Waals surface area contributed by atoms with Gasteiger partial charge in [-0.3, -0.25) is 0 Å². The molecule has 0 aliphatic carbocycles. The maximum absolute atomic E-state index is 5.88. The molecule has 0 saturated heterocycles. The Hall–Kier alpha value is -2.02. The van der Waals surface area contributed by atoms with E-state index in [4.69, 9.17) is 16.0 Å². The Balaban J connectivity index is 1.53. The van der Waals surface area contributed by atoms with Crippen molar-refractivity contribution >= 4 is 34.3 Å². The summed E-state index contributed by atoms with van der Waals surface area (Å²) in [7, 11) is 0. The summed E-state index contributed by atoms with van der Waals surface area (Å²) in [6.07, 6.45) is 0.530. The molecular formula is C16H10ClN3OS2. The van der Waals surface area contributed by atoms with E-state index in [2.05, 4.69) is 21.2 Å². The Morgan fingerprint density at radius 1 is 1.04 bits per heavy atom. The molecule has 0 bridgehead atoms. The normalized spacial score (nSPS) is 11.0. The van der Waals surface area contributed by atoms with Crippen LogP contribution in [-0.2, 0) is 6.42 Å². The van der Waals surface area contributed by atoms with Crippen LogP contribution in [0.2, 0.25) is 5.02 Å².